The number of esters is 1. The second kappa shape index (κ2) is 8.50. The minimum atomic E-state index is -1.99. The fourth-order valence-corrected chi connectivity index (χ4v) is 5.30. The zero-order chi connectivity index (χ0) is 22.4. The van der Waals surface area contributed by atoms with Gasteiger partial charge in [0, 0.05) is 5.56 Å². The van der Waals surface area contributed by atoms with Crippen LogP contribution in [0.25, 0.3) is 0 Å². The molecule has 0 aliphatic carbocycles. The molecule has 6 nitrogen and oxygen atoms in total. The summed E-state index contributed by atoms with van der Waals surface area (Å²) in [5.74, 6) is -0.564. The lowest BCUT2D eigenvalue weighted by atomic mass is 9.93. The molecule has 2 aliphatic heterocycles. The van der Waals surface area contributed by atoms with Gasteiger partial charge in [-0.1, -0.05) is 20.8 Å². The van der Waals surface area contributed by atoms with E-state index in [4.69, 9.17) is 18.7 Å². The summed E-state index contributed by atoms with van der Waals surface area (Å²) in [5, 5.41) is 1.59. The Hall–Kier alpha value is -1.00. The Morgan fingerprint density at radius 2 is 1.97 bits per heavy atom. The second-order valence-electron chi connectivity index (χ2n) is 9.50. The van der Waals surface area contributed by atoms with Crippen LogP contribution in [0.4, 0.5) is 4.39 Å². The molecule has 1 aromatic rings. The highest BCUT2D eigenvalue weighted by Gasteiger charge is 2.57. The number of cyclic esters (lactones) is 1. The predicted molar refractivity (Wildman–Crippen MR) is 117 cm³/mol. The number of carbonyl (C=O) groups excluding carboxylic acids is 1. The molecule has 1 aromatic carbocycles. The standard InChI is InChI=1S/C21H31BrFNO5Si/c1-12-17-16(11-27-30(6,7)21(2,3)4)29-24(18(17)20(25)28-12)10-13-15(23)9-8-14(22)19(13)26-5/h8-9,12,16-18H,10-11H2,1-7H3/t12-,16-,17?,18?/m0/s1. The van der Waals surface area contributed by atoms with Crippen molar-refractivity contribution in [1.29, 1.82) is 0 Å². The van der Waals surface area contributed by atoms with Gasteiger partial charge in [0.25, 0.3) is 0 Å². The van der Waals surface area contributed by atoms with Crippen LogP contribution in [0.15, 0.2) is 16.6 Å². The van der Waals surface area contributed by atoms with E-state index in [-0.39, 0.29) is 35.7 Å². The number of ether oxygens (including phenoxy) is 2. The normalized spacial score (nSPS) is 27.3. The summed E-state index contributed by atoms with van der Waals surface area (Å²) in [7, 11) is -0.509. The Labute approximate surface area is 187 Å². The minimum Gasteiger partial charge on any atom is -0.495 e. The molecular formula is C21H31BrFNO5Si. The number of methoxy groups -OCH3 is 1. The third-order valence-electron chi connectivity index (χ3n) is 6.55. The van der Waals surface area contributed by atoms with Gasteiger partial charge in [0.1, 0.15) is 29.8 Å². The van der Waals surface area contributed by atoms with Crippen LogP contribution in [-0.4, -0.2) is 51.3 Å². The summed E-state index contributed by atoms with van der Waals surface area (Å²) in [4.78, 5) is 18.7. The average molecular weight is 504 g/mol. The zero-order valence-electron chi connectivity index (χ0n) is 18.6. The summed E-state index contributed by atoms with van der Waals surface area (Å²) in [6.45, 7) is 13.2. The van der Waals surface area contributed by atoms with Crippen LogP contribution in [0.2, 0.25) is 18.1 Å². The first-order valence-electron chi connectivity index (χ1n) is 10.2. The monoisotopic (exact) mass is 503 g/mol. The molecule has 168 valence electrons. The van der Waals surface area contributed by atoms with Crippen LogP contribution < -0.4 is 4.74 Å². The molecule has 0 N–H and O–H groups in total. The summed E-state index contributed by atoms with van der Waals surface area (Å²) < 4.78 is 32.5. The molecule has 2 fully saturated rings. The first-order valence-corrected chi connectivity index (χ1v) is 13.9. The molecule has 0 bridgehead atoms. The molecule has 3 rings (SSSR count). The van der Waals surface area contributed by atoms with E-state index < -0.39 is 20.2 Å². The molecule has 0 amide bonds. The molecule has 0 aromatic heterocycles. The van der Waals surface area contributed by atoms with E-state index in [2.05, 4.69) is 49.8 Å². The van der Waals surface area contributed by atoms with Crippen molar-refractivity contribution in [2.75, 3.05) is 13.7 Å². The number of rotatable bonds is 6. The van der Waals surface area contributed by atoms with E-state index in [0.29, 0.717) is 22.4 Å². The van der Waals surface area contributed by atoms with Gasteiger partial charge in [-0.25, -0.2) is 4.39 Å². The number of hydrogen-bond donors (Lipinski definition) is 0. The molecule has 2 aliphatic rings. The van der Waals surface area contributed by atoms with Crippen LogP contribution in [0.3, 0.4) is 0 Å². The van der Waals surface area contributed by atoms with Gasteiger partial charge in [-0.2, -0.15) is 5.06 Å². The highest BCUT2D eigenvalue weighted by molar-refractivity contribution is 9.10. The van der Waals surface area contributed by atoms with Crippen LogP contribution in [0.1, 0.15) is 33.3 Å². The Morgan fingerprint density at radius 1 is 1.30 bits per heavy atom. The Balaban J connectivity index is 1.84. The number of hydroxylamine groups is 2. The van der Waals surface area contributed by atoms with E-state index in [1.54, 1.807) is 6.07 Å². The van der Waals surface area contributed by atoms with Gasteiger partial charge in [0.05, 0.1) is 30.7 Å². The van der Waals surface area contributed by atoms with Crippen LogP contribution >= 0.6 is 15.9 Å². The summed E-state index contributed by atoms with van der Waals surface area (Å²) in [6.07, 6.45) is -0.637. The minimum absolute atomic E-state index is 0.0606. The molecule has 2 unspecified atom stereocenters. The lowest BCUT2D eigenvalue weighted by Crippen LogP contribution is -2.44. The largest absolute Gasteiger partial charge is 0.495 e. The van der Waals surface area contributed by atoms with E-state index >= 15 is 0 Å². The first-order chi connectivity index (χ1) is 13.9. The van der Waals surface area contributed by atoms with Crippen LogP contribution in [-0.2, 0) is 25.3 Å². The van der Waals surface area contributed by atoms with Crippen molar-refractivity contribution in [3.05, 3.63) is 28.0 Å². The highest BCUT2D eigenvalue weighted by atomic mass is 79.9. The Kier molecular flexibility index (Phi) is 6.70. The second-order valence-corrected chi connectivity index (χ2v) is 15.2. The number of halogens is 2. The average Bonchev–Trinajstić information content (AvgIpc) is 3.14. The van der Waals surface area contributed by atoms with Crippen molar-refractivity contribution in [2.24, 2.45) is 5.92 Å². The molecule has 0 saturated carbocycles. The molecule has 4 atom stereocenters. The first kappa shape index (κ1) is 23.7. The van der Waals surface area contributed by atoms with Crippen molar-refractivity contribution in [1.82, 2.24) is 5.06 Å². The molecule has 0 spiro atoms. The third-order valence-corrected chi connectivity index (χ3v) is 11.7. The maximum Gasteiger partial charge on any atom is 0.326 e. The molecule has 9 heteroatoms. The zero-order valence-corrected chi connectivity index (χ0v) is 21.2. The van der Waals surface area contributed by atoms with Crippen molar-refractivity contribution in [3.8, 4) is 5.75 Å². The molecule has 0 radical (unpaired) electrons. The van der Waals surface area contributed by atoms with Crippen molar-refractivity contribution < 1.29 is 27.9 Å². The Morgan fingerprint density at radius 3 is 2.57 bits per heavy atom. The number of hydrogen-bond acceptors (Lipinski definition) is 6. The van der Waals surface area contributed by atoms with E-state index in [9.17, 15) is 9.18 Å². The van der Waals surface area contributed by atoms with Gasteiger partial charge in [-0.05, 0) is 53.1 Å². The third kappa shape index (κ3) is 4.32. The fourth-order valence-electron chi connectivity index (χ4n) is 3.75. The van der Waals surface area contributed by atoms with Crippen LogP contribution in [0.5, 0.6) is 5.75 Å². The highest BCUT2D eigenvalue weighted by Crippen LogP contribution is 2.42. The van der Waals surface area contributed by atoms with Gasteiger partial charge in [-0.3, -0.25) is 9.63 Å². The van der Waals surface area contributed by atoms with Crippen molar-refractivity contribution in [2.45, 2.75) is 70.6 Å². The van der Waals surface area contributed by atoms with Gasteiger partial charge in [0.2, 0.25) is 0 Å². The Bertz CT molecular complexity index is 815. The quantitative estimate of drug-likeness (QED) is 0.415. The predicted octanol–water partition coefficient (Wildman–Crippen LogP) is 4.66. The fraction of sp³-hybridized carbons (Fsp3) is 0.667. The number of nitrogens with zero attached hydrogens (tertiary/aromatic N) is 1. The molecule has 2 heterocycles. The van der Waals surface area contributed by atoms with Gasteiger partial charge in [-0.15, -0.1) is 0 Å². The van der Waals surface area contributed by atoms with E-state index in [1.807, 2.05) is 6.92 Å². The van der Waals surface area contributed by atoms with Crippen molar-refractivity contribution in [3.63, 3.8) is 0 Å². The maximum absolute atomic E-state index is 14.6. The van der Waals surface area contributed by atoms with Gasteiger partial charge in [0.15, 0.2) is 8.32 Å². The number of carbonyl (C=O) groups is 1. The lowest BCUT2D eigenvalue weighted by Gasteiger charge is -2.37. The SMILES string of the molecule is COc1c(Br)ccc(F)c1CN1O[C@@H](CO[Si](C)(C)C(C)(C)C)C2C1C(=O)O[C@H]2C. The molecule has 2 saturated heterocycles. The summed E-state index contributed by atoms with van der Waals surface area (Å²) in [5.41, 5.74) is 0.323. The molecule has 30 heavy (non-hydrogen) atoms. The maximum atomic E-state index is 14.6. The smallest absolute Gasteiger partial charge is 0.326 e. The van der Waals surface area contributed by atoms with Crippen molar-refractivity contribution >= 4 is 30.2 Å². The van der Waals surface area contributed by atoms with E-state index in [1.165, 1.54) is 18.2 Å². The lowest BCUT2D eigenvalue weighted by molar-refractivity contribution is -0.195. The number of benzene rings is 1. The van der Waals surface area contributed by atoms with Gasteiger partial charge >= 0.3 is 5.97 Å². The summed E-state index contributed by atoms with van der Waals surface area (Å²) in [6, 6.07) is 2.35. The number of fused-ring (bicyclic) bond motifs is 1. The topological polar surface area (TPSA) is 57.2 Å². The molecular weight excluding hydrogens is 473 g/mol. The summed E-state index contributed by atoms with van der Waals surface area (Å²) >= 11 is 3.39. The van der Waals surface area contributed by atoms with Crippen LogP contribution in [0, 0.1) is 11.7 Å². The van der Waals surface area contributed by atoms with Gasteiger partial charge < -0.3 is 13.9 Å². The van der Waals surface area contributed by atoms with E-state index in [0.717, 1.165) is 0 Å².